The van der Waals surface area contributed by atoms with Gasteiger partial charge < -0.3 is 4.74 Å². The molecule has 5 heavy (non-hydrogen) atoms. The number of hydrogen-bond acceptors (Lipinski definition) is 1. The van der Waals surface area contributed by atoms with Crippen LogP contribution in [0.3, 0.4) is 0 Å². The minimum absolute atomic E-state index is 1.08. The second-order valence-electron chi connectivity index (χ2n) is 0.306. The zero-order valence-electron chi connectivity index (χ0n) is 10.4. The van der Waals surface area contributed by atoms with Gasteiger partial charge in [-0.05, 0) is 6.85 Å². The SMILES string of the molecule is [2H]C([2H])=C([2H])OC([2H])([2H])C([2H])([2H])[2H]. The smallest absolute Gasteiger partial charge is 0.103 e. The molecule has 0 aliphatic carbocycles. The van der Waals surface area contributed by atoms with E-state index < -0.39 is 26.2 Å². The maximum Gasteiger partial charge on any atom is 0.103 e. The highest BCUT2D eigenvalue weighted by Crippen LogP contribution is 1.65. The molecule has 0 rings (SSSR count). The molecule has 0 aliphatic rings. The third kappa shape index (κ3) is 3.54. The molecule has 0 fully saturated rings. The Balaban J connectivity index is 4.63. The second kappa shape index (κ2) is 3.54. The van der Waals surface area contributed by atoms with Gasteiger partial charge in [-0.2, -0.15) is 0 Å². The molecule has 0 heterocycles. The largest absolute Gasteiger partial charge is 0.502 e. The molecule has 1 heteroatoms. The first kappa shape index (κ1) is 0.427. The molecule has 0 aromatic carbocycles. The van der Waals surface area contributed by atoms with Crippen molar-refractivity contribution in [2.75, 3.05) is 6.56 Å². The van der Waals surface area contributed by atoms with Crippen molar-refractivity contribution >= 4 is 0 Å². The molecule has 30 valence electrons. The quantitative estimate of drug-likeness (QED) is 0.452. The summed E-state index contributed by atoms with van der Waals surface area (Å²) in [6.07, 6.45) is -1.11. The lowest BCUT2D eigenvalue weighted by molar-refractivity contribution is 0.270. The van der Waals surface area contributed by atoms with Gasteiger partial charge in [0, 0.05) is 4.11 Å². The van der Waals surface area contributed by atoms with Crippen LogP contribution in [0.5, 0.6) is 0 Å². The molecule has 0 saturated carbocycles. The summed E-state index contributed by atoms with van der Waals surface area (Å²) in [5.74, 6) is 0. The molecular weight excluding hydrogens is 64.0 g/mol. The van der Waals surface area contributed by atoms with E-state index in [-0.39, 0.29) is 0 Å². The van der Waals surface area contributed by atoms with Crippen LogP contribution in [0.4, 0.5) is 0 Å². The predicted molar refractivity (Wildman–Crippen MR) is 21.8 cm³/mol. The van der Waals surface area contributed by atoms with Crippen LogP contribution in [-0.4, -0.2) is 6.56 Å². The first-order valence-corrected chi connectivity index (χ1v) is 0.908. The van der Waals surface area contributed by atoms with Gasteiger partial charge in [0.2, 0.25) is 0 Å². The van der Waals surface area contributed by atoms with E-state index >= 15 is 0 Å². The number of rotatable bonds is 2. The Morgan fingerprint density at radius 2 is 4.00 bits per heavy atom. The van der Waals surface area contributed by atoms with Crippen molar-refractivity contribution in [3.05, 3.63) is 12.8 Å². The van der Waals surface area contributed by atoms with Crippen molar-refractivity contribution < 1.29 is 15.7 Å². The molecule has 0 radical (unpaired) electrons. The van der Waals surface area contributed by atoms with Crippen molar-refractivity contribution in [2.24, 2.45) is 0 Å². The first-order chi connectivity index (χ1) is 5.58. The summed E-state index contributed by atoms with van der Waals surface area (Å²) in [5, 5.41) is 0. The van der Waals surface area contributed by atoms with E-state index in [1.807, 2.05) is 0 Å². The van der Waals surface area contributed by atoms with Crippen molar-refractivity contribution in [2.45, 2.75) is 6.85 Å². The monoisotopic (exact) mass is 80.1 g/mol. The van der Waals surface area contributed by atoms with Crippen LogP contribution in [0.2, 0.25) is 0 Å². The van der Waals surface area contributed by atoms with Crippen molar-refractivity contribution in [3.8, 4) is 0 Å². The van der Waals surface area contributed by atoms with Crippen LogP contribution in [0.15, 0.2) is 12.8 Å². The highest BCUT2D eigenvalue weighted by molar-refractivity contribution is 4.45. The average molecular weight is 80.2 g/mol. The summed E-state index contributed by atoms with van der Waals surface area (Å²) >= 11 is 0. The summed E-state index contributed by atoms with van der Waals surface area (Å²) < 4.78 is 57.6. The van der Waals surface area contributed by atoms with Crippen LogP contribution in [0.1, 0.15) is 17.8 Å². The third-order valence-electron chi connectivity index (χ3n) is 0.102. The highest BCUT2D eigenvalue weighted by Gasteiger charge is 1.55. The Morgan fingerprint density at radius 1 is 3.00 bits per heavy atom. The Kier molecular flexibility index (Phi) is 0.302. The van der Waals surface area contributed by atoms with Crippen LogP contribution >= 0.6 is 0 Å². The molecule has 0 amide bonds. The van der Waals surface area contributed by atoms with E-state index in [0.717, 1.165) is 0 Å². The average Bonchev–Trinajstić information content (AvgIpc) is 1.83. The number of ether oxygens (including phenoxy) is 1. The lowest BCUT2D eigenvalue weighted by Crippen LogP contribution is -1.72. The number of hydrogen-bond donors (Lipinski definition) is 0. The van der Waals surface area contributed by atoms with Crippen molar-refractivity contribution in [1.29, 1.82) is 0 Å². The summed E-state index contributed by atoms with van der Waals surface area (Å²) in [6.45, 7) is -7.17. The van der Waals surface area contributed by atoms with Crippen LogP contribution < -0.4 is 0 Å². The summed E-state index contributed by atoms with van der Waals surface area (Å²) in [6, 6.07) is 0. The normalized spacial score (nSPS) is 34.4. The van der Waals surface area contributed by atoms with E-state index in [1.165, 1.54) is 0 Å². The fourth-order valence-corrected chi connectivity index (χ4v) is 0.0255. The Hall–Kier alpha value is -0.460. The van der Waals surface area contributed by atoms with E-state index in [4.69, 9.17) is 11.0 Å². The lowest BCUT2D eigenvalue weighted by atomic mass is 10.9. The molecule has 0 aromatic rings. The summed E-state index contributed by atoms with van der Waals surface area (Å²) in [7, 11) is 0. The van der Waals surface area contributed by atoms with Gasteiger partial charge in [0.25, 0.3) is 0 Å². The maximum atomic E-state index is 6.86. The van der Waals surface area contributed by atoms with Gasteiger partial charge in [0.05, 0.1) is 18.3 Å². The van der Waals surface area contributed by atoms with Gasteiger partial charge in [-0.15, -0.1) is 0 Å². The van der Waals surface area contributed by atoms with Gasteiger partial charge in [-0.3, -0.25) is 0 Å². The molecule has 0 unspecified atom stereocenters. The zero-order valence-corrected chi connectivity index (χ0v) is 2.41. The highest BCUT2D eigenvalue weighted by atomic mass is 16.5. The van der Waals surface area contributed by atoms with Crippen LogP contribution in [0, 0.1) is 0 Å². The van der Waals surface area contributed by atoms with E-state index in [2.05, 4.69) is 4.74 Å². The van der Waals surface area contributed by atoms with Crippen molar-refractivity contribution in [1.82, 2.24) is 0 Å². The first-order valence-electron chi connectivity index (χ1n) is 4.91. The minimum atomic E-state index is -3.05. The van der Waals surface area contributed by atoms with E-state index in [0.29, 0.717) is 0 Å². The van der Waals surface area contributed by atoms with E-state index in [1.54, 1.807) is 0 Å². The minimum Gasteiger partial charge on any atom is -0.502 e. The van der Waals surface area contributed by atoms with E-state index in [9.17, 15) is 0 Å². The van der Waals surface area contributed by atoms with Gasteiger partial charge in [-0.1, -0.05) is 6.53 Å². The fraction of sp³-hybridized carbons (Fsp3) is 0.500. The molecule has 0 N–H and O–H groups in total. The van der Waals surface area contributed by atoms with Crippen molar-refractivity contribution in [3.63, 3.8) is 0 Å². The molecule has 0 saturated heterocycles. The molecule has 0 atom stereocenters. The second-order valence-corrected chi connectivity index (χ2v) is 0.306. The lowest BCUT2D eigenvalue weighted by Gasteiger charge is -1.84. The Labute approximate surface area is 43.5 Å². The predicted octanol–water partition coefficient (Wildman–Crippen LogP) is 1.17. The van der Waals surface area contributed by atoms with Gasteiger partial charge >= 0.3 is 0 Å². The van der Waals surface area contributed by atoms with Gasteiger partial charge in [0.1, 0.15) is 1.37 Å². The maximum absolute atomic E-state index is 6.86. The standard InChI is InChI=1S/C4H8O/c1-3-5-4-2/h3H,1,4H2,2H3/i1D2,2D3,3D,4D2. The summed E-state index contributed by atoms with van der Waals surface area (Å²) in [5.41, 5.74) is 0. The summed E-state index contributed by atoms with van der Waals surface area (Å²) in [4.78, 5) is 0. The topological polar surface area (TPSA) is 9.23 Å². The van der Waals surface area contributed by atoms with Gasteiger partial charge in [0.15, 0.2) is 0 Å². The molecule has 0 aliphatic heterocycles. The Morgan fingerprint density at radius 3 is 4.60 bits per heavy atom. The molecule has 1 nitrogen and oxygen atoms in total. The molecule has 0 aromatic heterocycles. The molecular formula is C4H8O. The Bertz CT molecular complexity index is 211. The zero-order chi connectivity index (χ0) is 10.9. The molecule has 0 bridgehead atoms. The fourth-order valence-electron chi connectivity index (χ4n) is 0.0255. The van der Waals surface area contributed by atoms with Crippen LogP contribution in [-0.2, 0) is 4.74 Å². The molecule has 0 spiro atoms. The van der Waals surface area contributed by atoms with Gasteiger partial charge in [-0.25, -0.2) is 0 Å². The van der Waals surface area contributed by atoms with Crippen LogP contribution in [0.25, 0.3) is 0 Å². The third-order valence-corrected chi connectivity index (χ3v) is 0.102.